The maximum Gasteiger partial charge on any atom is 0.278 e. The smallest absolute Gasteiger partial charge is 0.278 e. The van der Waals surface area contributed by atoms with Gasteiger partial charge in [0.15, 0.2) is 0 Å². The van der Waals surface area contributed by atoms with Crippen LogP contribution in [0.5, 0.6) is 0 Å². The number of ether oxygens (including phenoxy) is 1. The molecule has 2 N–H and O–H groups in total. The molecule has 1 aromatic rings. The first-order valence-corrected chi connectivity index (χ1v) is 5.41. The van der Waals surface area contributed by atoms with Crippen molar-refractivity contribution in [1.29, 1.82) is 0 Å². The Morgan fingerprint density at radius 3 is 2.94 bits per heavy atom. The van der Waals surface area contributed by atoms with E-state index in [1.54, 1.807) is 0 Å². The Kier molecular flexibility index (Phi) is 3.35. The summed E-state index contributed by atoms with van der Waals surface area (Å²) in [5.74, 6) is -0.637. The first-order chi connectivity index (χ1) is 8.11. The van der Waals surface area contributed by atoms with E-state index in [1.165, 1.54) is 18.2 Å². The molecule has 17 heavy (non-hydrogen) atoms. The van der Waals surface area contributed by atoms with Crippen LogP contribution in [0.2, 0.25) is 0 Å². The summed E-state index contributed by atoms with van der Waals surface area (Å²) in [7, 11) is 0. The average Bonchev–Trinajstić information content (AvgIpc) is 2.30. The van der Waals surface area contributed by atoms with Crippen molar-refractivity contribution in [2.75, 3.05) is 6.61 Å². The zero-order chi connectivity index (χ0) is 12.4. The largest absolute Gasteiger partial charge is 0.372 e. The minimum Gasteiger partial charge on any atom is -0.372 e. The summed E-state index contributed by atoms with van der Waals surface area (Å²) in [6, 6.07) is 3.36. The Bertz CT molecular complexity index is 439. The standard InChI is InChI=1S/C11H13FN2O3/c12-7-3-1-5-9(14(15)16)10(7)11-8(13)4-2-6-17-11/h1,3,5,8,11H,2,4,6,13H2/t8?,11-/m1/s1. The van der Waals surface area contributed by atoms with Crippen LogP contribution in [-0.4, -0.2) is 17.6 Å². The van der Waals surface area contributed by atoms with Gasteiger partial charge in [-0.25, -0.2) is 4.39 Å². The SMILES string of the molecule is NC1CCCO[C@H]1c1c(F)cccc1[N+](=O)[O-]. The van der Waals surface area contributed by atoms with Crippen LogP contribution in [0.3, 0.4) is 0 Å². The molecule has 6 heteroatoms. The summed E-state index contributed by atoms with van der Waals surface area (Å²) in [6.45, 7) is 0.448. The Hall–Kier alpha value is -1.53. The van der Waals surface area contributed by atoms with Gasteiger partial charge in [0.25, 0.3) is 5.69 Å². The number of nitrogens with zero attached hydrogens (tertiary/aromatic N) is 1. The second-order valence-corrected chi connectivity index (χ2v) is 4.03. The Morgan fingerprint density at radius 2 is 2.29 bits per heavy atom. The monoisotopic (exact) mass is 240 g/mol. The minimum absolute atomic E-state index is 0.0373. The molecule has 0 amide bonds. The van der Waals surface area contributed by atoms with Crippen molar-refractivity contribution in [3.05, 3.63) is 39.7 Å². The van der Waals surface area contributed by atoms with Crippen LogP contribution >= 0.6 is 0 Å². The summed E-state index contributed by atoms with van der Waals surface area (Å²) in [6.07, 6.45) is 0.737. The van der Waals surface area contributed by atoms with Crippen molar-refractivity contribution >= 4 is 5.69 Å². The van der Waals surface area contributed by atoms with E-state index in [1.807, 2.05) is 0 Å². The van der Waals surface area contributed by atoms with Crippen molar-refractivity contribution in [1.82, 2.24) is 0 Å². The Labute approximate surface area is 97.5 Å². The topological polar surface area (TPSA) is 78.4 Å². The normalized spacial score (nSPS) is 24.6. The number of halogens is 1. The minimum atomic E-state index is -0.731. The van der Waals surface area contributed by atoms with Crippen LogP contribution in [0.25, 0.3) is 0 Å². The second kappa shape index (κ2) is 4.77. The van der Waals surface area contributed by atoms with Gasteiger partial charge in [0.1, 0.15) is 11.9 Å². The molecule has 0 aliphatic carbocycles. The van der Waals surface area contributed by atoms with E-state index in [4.69, 9.17) is 10.5 Å². The number of hydrogen-bond acceptors (Lipinski definition) is 4. The maximum absolute atomic E-state index is 13.7. The van der Waals surface area contributed by atoms with Crippen LogP contribution in [0, 0.1) is 15.9 Å². The van der Waals surface area contributed by atoms with E-state index in [-0.39, 0.29) is 11.3 Å². The van der Waals surface area contributed by atoms with Crippen molar-refractivity contribution in [2.45, 2.75) is 25.0 Å². The highest BCUT2D eigenvalue weighted by atomic mass is 19.1. The molecule has 1 unspecified atom stereocenters. The fourth-order valence-corrected chi connectivity index (χ4v) is 2.07. The highest BCUT2D eigenvalue weighted by Gasteiger charge is 2.32. The molecule has 1 aliphatic rings. The first-order valence-electron chi connectivity index (χ1n) is 5.41. The number of hydrogen-bond donors (Lipinski definition) is 1. The molecule has 1 aromatic carbocycles. The van der Waals surface area contributed by atoms with Crippen LogP contribution in [0.1, 0.15) is 24.5 Å². The molecule has 1 aliphatic heterocycles. The second-order valence-electron chi connectivity index (χ2n) is 4.03. The lowest BCUT2D eigenvalue weighted by Crippen LogP contribution is -2.35. The fraction of sp³-hybridized carbons (Fsp3) is 0.455. The van der Waals surface area contributed by atoms with Crippen molar-refractivity contribution in [2.24, 2.45) is 5.73 Å². The summed E-state index contributed by atoms with van der Waals surface area (Å²) >= 11 is 0. The van der Waals surface area contributed by atoms with Gasteiger partial charge in [-0.15, -0.1) is 0 Å². The highest BCUT2D eigenvalue weighted by Crippen LogP contribution is 2.34. The third-order valence-corrected chi connectivity index (χ3v) is 2.88. The van der Waals surface area contributed by atoms with E-state index >= 15 is 0 Å². The Morgan fingerprint density at radius 1 is 1.53 bits per heavy atom. The average molecular weight is 240 g/mol. The summed E-state index contributed by atoms with van der Waals surface area (Å²) in [5, 5.41) is 10.9. The molecule has 0 bridgehead atoms. The molecule has 0 saturated carbocycles. The molecular formula is C11H13FN2O3. The van der Waals surface area contributed by atoms with Crippen LogP contribution in [0.15, 0.2) is 18.2 Å². The molecule has 2 rings (SSSR count). The highest BCUT2D eigenvalue weighted by molar-refractivity contribution is 5.43. The molecule has 0 radical (unpaired) electrons. The van der Waals surface area contributed by atoms with Gasteiger partial charge >= 0.3 is 0 Å². The molecule has 1 saturated heterocycles. The van der Waals surface area contributed by atoms with Gasteiger partial charge in [-0.1, -0.05) is 6.07 Å². The number of nitro groups is 1. The molecular weight excluding hydrogens is 227 g/mol. The predicted octanol–water partition coefficient (Wildman–Crippen LogP) is 1.91. The first kappa shape index (κ1) is 11.9. The Balaban J connectivity index is 2.45. The zero-order valence-corrected chi connectivity index (χ0v) is 9.14. The molecule has 1 heterocycles. The third kappa shape index (κ3) is 2.27. The zero-order valence-electron chi connectivity index (χ0n) is 9.14. The molecule has 5 nitrogen and oxygen atoms in total. The predicted molar refractivity (Wildman–Crippen MR) is 59.0 cm³/mol. The van der Waals surface area contributed by atoms with Crippen LogP contribution in [0.4, 0.5) is 10.1 Å². The van der Waals surface area contributed by atoms with Crippen molar-refractivity contribution in [3.63, 3.8) is 0 Å². The fourth-order valence-electron chi connectivity index (χ4n) is 2.07. The van der Waals surface area contributed by atoms with Gasteiger partial charge in [0, 0.05) is 18.7 Å². The number of nitro benzene ring substituents is 1. The van der Waals surface area contributed by atoms with E-state index in [0.29, 0.717) is 13.0 Å². The lowest BCUT2D eigenvalue weighted by molar-refractivity contribution is -0.386. The lowest BCUT2D eigenvalue weighted by atomic mass is 9.95. The quantitative estimate of drug-likeness (QED) is 0.632. The lowest BCUT2D eigenvalue weighted by Gasteiger charge is -2.29. The van der Waals surface area contributed by atoms with E-state index < -0.39 is 22.9 Å². The van der Waals surface area contributed by atoms with Gasteiger partial charge < -0.3 is 10.5 Å². The van der Waals surface area contributed by atoms with Crippen molar-refractivity contribution in [3.8, 4) is 0 Å². The van der Waals surface area contributed by atoms with E-state index in [9.17, 15) is 14.5 Å². The summed E-state index contributed by atoms with van der Waals surface area (Å²) < 4.78 is 19.1. The summed E-state index contributed by atoms with van der Waals surface area (Å²) in [5.41, 5.74) is 5.53. The maximum atomic E-state index is 13.7. The van der Waals surface area contributed by atoms with Crippen LogP contribution in [-0.2, 0) is 4.74 Å². The van der Waals surface area contributed by atoms with Gasteiger partial charge in [-0.3, -0.25) is 10.1 Å². The molecule has 2 atom stereocenters. The van der Waals surface area contributed by atoms with Gasteiger partial charge in [0.2, 0.25) is 0 Å². The number of rotatable bonds is 2. The van der Waals surface area contributed by atoms with E-state index in [2.05, 4.69) is 0 Å². The molecule has 1 fully saturated rings. The van der Waals surface area contributed by atoms with Crippen molar-refractivity contribution < 1.29 is 14.1 Å². The van der Waals surface area contributed by atoms with E-state index in [0.717, 1.165) is 6.42 Å². The third-order valence-electron chi connectivity index (χ3n) is 2.88. The summed E-state index contributed by atoms with van der Waals surface area (Å²) in [4.78, 5) is 10.3. The number of benzene rings is 1. The molecule has 0 aromatic heterocycles. The molecule has 92 valence electrons. The molecule has 0 spiro atoms. The van der Waals surface area contributed by atoms with Gasteiger partial charge in [-0.05, 0) is 18.9 Å². The van der Waals surface area contributed by atoms with Gasteiger partial charge in [0.05, 0.1) is 10.5 Å². The van der Waals surface area contributed by atoms with Crippen LogP contribution < -0.4 is 5.73 Å². The van der Waals surface area contributed by atoms with Gasteiger partial charge in [-0.2, -0.15) is 0 Å². The number of nitrogens with two attached hydrogens (primary N) is 1.